The zero-order valence-electron chi connectivity index (χ0n) is 7.66. The summed E-state index contributed by atoms with van der Waals surface area (Å²) in [6.45, 7) is 0.782. The number of benzene rings is 1. The molecule has 0 unspecified atom stereocenters. The fraction of sp³-hybridized carbons (Fsp3) is 0.300. The number of anilines is 2. The van der Waals surface area contributed by atoms with Crippen LogP contribution >= 0.6 is 15.9 Å². The van der Waals surface area contributed by atoms with Gasteiger partial charge in [0, 0.05) is 17.4 Å². The molecule has 1 fully saturated rings. The van der Waals surface area contributed by atoms with Gasteiger partial charge in [0.05, 0.1) is 11.4 Å². The number of rotatable bonds is 1. The molecule has 1 aliphatic heterocycles. The van der Waals surface area contributed by atoms with E-state index >= 15 is 0 Å². The van der Waals surface area contributed by atoms with Gasteiger partial charge in [-0.1, -0.05) is 15.9 Å². The number of nitrogens with zero attached hydrogens (tertiary/aromatic N) is 1. The predicted octanol–water partition coefficient (Wildman–Crippen LogP) is 2.16. The molecule has 0 spiro atoms. The van der Waals surface area contributed by atoms with Gasteiger partial charge in [0.2, 0.25) is 5.91 Å². The molecular weight excluding hydrogens is 244 g/mol. The first-order valence-electron chi connectivity index (χ1n) is 4.54. The van der Waals surface area contributed by atoms with E-state index in [9.17, 15) is 4.79 Å². The van der Waals surface area contributed by atoms with Crippen LogP contribution in [0.3, 0.4) is 0 Å². The molecule has 0 radical (unpaired) electrons. The van der Waals surface area contributed by atoms with Gasteiger partial charge in [-0.2, -0.15) is 0 Å². The number of amides is 1. The summed E-state index contributed by atoms with van der Waals surface area (Å²) in [5.74, 6) is 0.166. The highest BCUT2D eigenvalue weighted by atomic mass is 79.9. The van der Waals surface area contributed by atoms with Crippen molar-refractivity contribution in [2.75, 3.05) is 17.2 Å². The molecule has 0 bridgehead atoms. The minimum atomic E-state index is 0.166. The van der Waals surface area contributed by atoms with Crippen LogP contribution in [0.1, 0.15) is 12.8 Å². The van der Waals surface area contributed by atoms with Gasteiger partial charge in [-0.15, -0.1) is 0 Å². The van der Waals surface area contributed by atoms with E-state index in [0.29, 0.717) is 12.1 Å². The smallest absolute Gasteiger partial charge is 0.227 e. The lowest BCUT2D eigenvalue weighted by Crippen LogP contribution is -2.24. The molecule has 0 saturated carbocycles. The summed E-state index contributed by atoms with van der Waals surface area (Å²) in [7, 11) is 0. The van der Waals surface area contributed by atoms with E-state index in [1.165, 1.54) is 0 Å². The Bertz CT molecular complexity index is 378. The van der Waals surface area contributed by atoms with Crippen molar-refractivity contribution >= 4 is 33.2 Å². The number of halogens is 1. The number of nitrogen functional groups attached to an aromatic ring is 1. The van der Waals surface area contributed by atoms with Crippen LogP contribution in [-0.2, 0) is 4.79 Å². The Hall–Kier alpha value is -1.03. The standard InChI is InChI=1S/C10H11BrN2O/c11-7-3-4-9(8(12)6-7)13-5-1-2-10(13)14/h3-4,6H,1-2,5,12H2. The van der Waals surface area contributed by atoms with Gasteiger partial charge >= 0.3 is 0 Å². The molecule has 1 amide bonds. The van der Waals surface area contributed by atoms with E-state index < -0.39 is 0 Å². The van der Waals surface area contributed by atoms with Crippen LogP contribution in [0.25, 0.3) is 0 Å². The fourth-order valence-electron chi connectivity index (χ4n) is 1.67. The highest BCUT2D eigenvalue weighted by molar-refractivity contribution is 9.10. The third-order valence-electron chi connectivity index (χ3n) is 2.35. The molecule has 0 atom stereocenters. The van der Waals surface area contributed by atoms with Crippen LogP contribution in [0.15, 0.2) is 22.7 Å². The largest absolute Gasteiger partial charge is 0.397 e. The number of hydrogen-bond acceptors (Lipinski definition) is 2. The summed E-state index contributed by atoms with van der Waals surface area (Å²) >= 11 is 3.34. The summed E-state index contributed by atoms with van der Waals surface area (Å²) in [5.41, 5.74) is 7.32. The SMILES string of the molecule is Nc1cc(Br)ccc1N1CCCC1=O. The van der Waals surface area contributed by atoms with Crippen LogP contribution in [0, 0.1) is 0 Å². The van der Waals surface area contributed by atoms with Crippen molar-refractivity contribution in [2.45, 2.75) is 12.8 Å². The Morgan fingerprint density at radius 1 is 1.43 bits per heavy atom. The average Bonchev–Trinajstić information content (AvgIpc) is 2.52. The predicted molar refractivity (Wildman–Crippen MR) is 60.1 cm³/mol. The lowest BCUT2D eigenvalue weighted by atomic mass is 10.2. The average molecular weight is 255 g/mol. The van der Waals surface area contributed by atoms with Crippen molar-refractivity contribution in [1.82, 2.24) is 0 Å². The van der Waals surface area contributed by atoms with Gasteiger partial charge in [0.1, 0.15) is 0 Å². The first-order valence-corrected chi connectivity index (χ1v) is 5.33. The molecule has 0 aromatic heterocycles. The monoisotopic (exact) mass is 254 g/mol. The van der Waals surface area contributed by atoms with Crippen molar-refractivity contribution in [1.29, 1.82) is 0 Å². The molecule has 0 aliphatic carbocycles. The molecule has 2 rings (SSSR count). The summed E-state index contributed by atoms with van der Waals surface area (Å²) in [6, 6.07) is 5.60. The number of hydrogen-bond donors (Lipinski definition) is 1. The summed E-state index contributed by atoms with van der Waals surface area (Å²) < 4.78 is 0.936. The molecule has 1 heterocycles. The molecular formula is C10H11BrN2O. The van der Waals surface area contributed by atoms with Gasteiger partial charge < -0.3 is 10.6 Å². The second kappa shape index (κ2) is 3.61. The van der Waals surface area contributed by atoms with Crippen molar-refractivity contribution in [3.63, 3.8) is 0 Å². The van der Waals surface area contributed by atoms with Gasteiger partial charge in [-0.3, -0.25) is 4.79 Å². The molecule has 3 nitrogen and oxygen atoms in total. The number of carbonyl (C=O) groups excluding carboxylic acids is 1. The van der Waals surface area contributed by atoms with Crippen LogP contribution in [0.4, 0.5) is 11.4 Å². The maximum atomic E-state index is 11.5. The zero-order valence-corrected chi connectivity index (χ0v) is 9.25. The molecule has 1 aromatic carbocycles. The Kier molecular flexibility index (Phi) is 2.46. The van der Waals surface area contributed by atoms with E-state index in [1.54, 1.807) is 4.90 Å². The Balaban J connectivity index is 2.36. The minimum Gasteiger partial charge on any atom is -0.397 e. The van der Waals surface area contributed by atoms with Crippen LogP contribution < -0.4 is 10.6 Å². The normalized spacial score (nSPS) is 16.4. The quantitative estimate of drug-likeness (QED) is 0.781. The minimum absolute atomic E-state index is 0.166. The Labute approximate surface area is 91.0 Å². The first kappa shape index (κ1) is 9.52. The molecule has 74 valence electrons. The topological polar surface area (TPSA) is 46.3 Å². The van der Waals surface area contributed by atoms with Crippen LogP contribution in [0.2, 0.25) is 0 Å². The third kappa shape index (κ3) is 1.62. The highest BCUT2D eigenvalue weighted by Crippen LogP contribution is 2.29. The number of nitrogens with two attached hydrogens (primary N) is 1. The maximum absolute atomic E-state index is 11.5. The second-order valence-corrected chi connectivity index (χ2v) is 4.27. The van der Waals surface area contributed by atoms with E-state index in [2.05, 4.69) is 15.9 Å². The van der Waals surface area contributed by atoms with Crippen molar-refractivity contribution in [3.05, 3.63) is 22.7 Å². The lowest BCUT2D eigenvalue weighted by molar-refractivity contribution is -0.117. The van der Waals surface area contributed by atoms with Gasteiger partial charge in [0.25, 0.3) is 0 Å². The maximum Gasteiger partial charge on any atom is 0.227 e. The van der Waals surface area contributed by atoms with E-state index in [-0.39, 0.29) is 5.91 Å². The number of carbonyl (C=O) groups is 1. The summed E-state index contributed by atoms with van der Waals surface area (Å²) in [4.78, 5) is 13.2. The molecule has 1 aromatic rings. The molecule has 2 N–H and O–H groups in total. The van der Waals surface area contributed by atoms with Gasteiger partial charge in [-0.25, -0.2) is 0 Å². The van der Waals surface area contributed by atoms with E-state index in [0.717, 1.165) is 23.1 Å². The molecule has 14 heavy (non-hydrogen) atoms. The fourth-order valence-corrected chi connectivity index (χ4v) is 2.05. The molecule has 1 aliphatic rings. The first-order chi connectivity index (χ1) is 6.68. The summed E-state index contributed by atoms with van der Waals surface area (Å²) in [6.07, 6.45) is 1.56. The van der Waals surface area contributed by atoms with Crippen molar-refractivity contribution < 1.29 is 4.79 Å². The van der Waals surface area contributed by atoms with E-state index in [4.69, 9.17) is 5.73 Å². The van der Waals surface area contributed by atoms with Gasteiger partial charge in [0.15, 0.2) is 0 Å². The highest BCUT2D eigenvalue weighted by Gasteiger charge is 2.22. The van der Waals surface area contributed by atoms with Crippen LogP contribution in [0.5, 0.6) is 0 Å². The van der Waals surface area contributed by atoms with Gasteiger partial charge in [-0.05, 0) is 24.6 Å². The molecule has 4 heteroatoms. The molecule has 1 saturated heterocycles. The third-order valence-corrected chi connectivity index (χ3v) is 2.85. The Morgan fingerprint density at radius 3 is 2.79 bits per heavy atom. The second-order valence-electron chi connectivity index (χ2n) is 3.35. The van der Waals surface area contributed by atoms with Crippen LogP contribution in [-0.4, -0.2) is 12.5 Å². The summed E-state index contributed by atoms with van der Waals surface area (Å²) in [5, 5.41) is 0. The van der Waals surface area contributed by atoms with Crippen molar-refractivity contribution in [3.8, 4) is 0 Å². The Morgan fingerprint density at radius 2 is 2.21 bits per heavy atom. The van der Waals surface area contributed by atoms with Crippen molar-refractivity contribution in [2.24, 2.45) is 0 Å². The lowest BCUT2D eigenvalue weighted by Gasteiger charge is -2.17. The zero-order chi connectivity index (χ0) is 10.1. The van der Waals surface area contributed by atoms with E-state index in [1.807, 2.05) is 18.2 Å².